The number of hydrogen-bond donors (Lipinski definition) is 0. The summed E-state index contributed by atoms with van der Waals surface area (Å²) in [5.41, 5.74) is 0.747. The van der Waals surface area contributed by atoms with Crippen LogP contribution in [0.25, 0.3) is 0 Å². The van der Waals surface area contributed by atoms with Crippen molar-refractivity contribution in [3.8, 4) is 6.07 Å². The molecule has 2 amide bonds. The van der Waals surface area contributed by atoms with Crippen LogP contribution in [0.15, 0.2) is 46.3 Å². The van der Waals surface area contributed by atoms with E-state index < -0.39 is 0 Å². The van der Waals surface area contributed by atoms with Crippen LogP contribution >= 0.6 is 27.3 Å². The Morgan fingerprint density at radius 2 is 1.81 bits per heavy atom. The molecule has 0 atom stereocenters. The molecule has 0 N–H and O–H groups in total. The van der Waals surface area contributed by atoms with Gasteiger partial charge < -0.3 is 9.80 Å². The molecule has 1 heterocycles. The van der Waals surface area contributed by atoms with Crippen molar-refractivity contribution in [2.75, 3.05) is 18.5 Å². The number of halogens is 1. The Morgan fingerprint density at radius 1 is 1.12 bits per heavy atom. The molecular formula is C19H20BrN3O2S. The SMILES string of the molecule is CN(Cc1ccc(Br)s1)C(=O)CCC(=O)N(CCC#N)c1ccccc1. The van der Waals surface area contributed by atoms with E-state index in [0.29, 0.717) is 13.1 Å². The van der Waals surface area contributed by atoms with Gasteiger partial charge in [0, 0.05) is 37.0 Å². The maximum Gasteiger partial charge on any atom is 0.227 e. The maximum atomic E-state index is 12.6. The molecule has 0 radical (unpaired) electrons. The van der Waals surface area contributed by atoms with Gasteiger partial charge in [-0.2, -0.15) is 5.26 Å². The molecule has 136 valence electrons. The smallest absolute Gasteiger partial charge is 0.227 e. The average molecular weight is 434 g/mol. The molecule has 7 heteroatoms. The molecule has 2 aromatic rings. The van der Waals surface area contributed by atoms with Gasteiger partial charge in [-0.25, -0.2) is 0 Å². The number of thiophene rings is 1. The van der Waals surface area contributed by atoms with Gasteiger partial charge in [-0.3, -0.25) is 9.59 Å². The van der Waals surface area contributed by atoms with Gasteiger partial charge in [0.25, 0.3) is 0 Å². The third-order valence-corrected chi connectivity index (χ3v) is 5.42. The Hall–Kier alpha value is -2.17. The highest BCUT2D eigenvalue weighted by Gasteiger charge is 2.18. The number of para-hydroxylation sites is 1. The van der Waals surface area contributed by atoms with E-state index in [1.54, 1.807) is 28.2 Å². The Bertz CT molecular complexity index is 786. The van der Waals surface area contributed by atoms with Gasteiger partial charge in [0.1, 0.15) is 0 Å². The number of nitriles is 1. The standard InChI is InChI=1S/C19H20BrN3O2S/c1-22(14-16-8-9-17(20)26-16)18(24)10-11-19(25)23(13-5-12-21)15-6-3-2-4-7-15/h2-4,6-9H,5,10-11,13-14H2,1H3. The Balaban J connectivity index is 1.91. The summed E-state index contributed by atoms with van der Waals surface area (Å²) < 4.78 is 1.03. The van der Waals surface area contributed by atoms with Gasteiger partial charge >= 0.3 is 0 Å². The lowest BCUT2D eigenvalue weighted by atomic mass is 10.2. The fourth-order valence-electron chi connectivity index (χ4n) is 2.47. The van der Waals surface area contributed by atoms with Crippen LogP contribution in [0.3, 0.4) is 0 Å². The number of hydrogen-bond acceptors (Lipinski definition) is 4. The van der Waals surface area contributed by atoms with Gasteiger partial charge in [-0.05, 0) is 40.2 Å². The summed E-state index contributed by atoms with van der Waals surface area (Å²) in [6.07, 6.45) is 0.525. The van der Waals surface area contributed by atoms with Gasteiger partial charge in [-0.1, -0.05) is 18.2 Å². The second kappa shape index (κ2) is 10.1. The van der Waals surface area contributed by atoms with Crippen molar-refractivity contribution >= 4 is 44.8 Å². The molecule has 0 saturated heterocycles. The van der Waals surface area contributed by atoms with Gasteiger partial charge in [-0.15, -0.1) is 11.3 Å². The van der Waals surface area contributed by atoms with E-state index in [9.17, 15) is 9.59 Å². The number of nitrogens with zero attached hydrogens (tertiary/aromatic N) is 3. The first-order valence-corrected chi connectivity index (χ1v) is 9.82. The van der Waals surface area contributed by atoms with Crippen LogP contribution in [0.4, 0.5) is 5.69 Å². The van der Waals surface area contributed by atoms with E-state index >= 15 is 0 Å². The van der Waals surface area contributed by atoms with E-state index in [1.165, 1.54) is 0 Å². The zero-order chi connectivity index (χ0) is 18.9. The van der Waals surface area contributed by atoms with Crippen molar-refractivity contribution in [3.63, 3.8) is 0 Å². The van der Waals surface area contributed by atoms with Crippen molar-refractivity contribution in [2.45, 2.75) is 25.8 Å². The summed E-state index contributed by atoms with van der Waals surface area (Å²) in [6, 6.07) is 15.2. The number of anilines is 1. The molecule has 0 bridgehead atoms. The van der Waals surface area contributed by atoms with Crippen molar-refractivity contribution in [1.82, 2.24) is 4.90 Å². The highest BCUT2D eigenvalue weighted by molar-refractivity contribution is 9.11. The molecule has 0 unspecified atom stereocenters. The van der Waals surface area contributed by atoms with E-state index in [1.807, 2.05) is 42.5 Å². The van der Waals surface area contributed by atoms with Crippen LogP contribution in [0, 0.1) is 11.3 Å². The lowest BCUT2D eigenvalue weighted by Crippen LogP contribution is -2.33. The second-order valence-electron chi connectivity index (χ2n) is 5.74. The molecular weight excluding hydrogens is 414 g/mol. The van der Waals surface area contributed by atoms with Crippen LogP contribution in [0.1, 0.15) is 24.1 Å². The molecule has 0 aliphatic rings. The highest BCUT2D eigenvalue weighted by Crippen LogP contribution is 2.23. The zero-order valence-corrected chi connectivity index (χ0v) is 16.9. The minimum Gasteiger partial charge on any atom is -0.341 e. The topological polar surface area (TPSA) is 64.4 Å². The normalized spacial score (nSPS) is 10.2. The molecule has 5 nitrogen and oxygen atoms in total. The molecule has 1 aromatic carbocycles. The fourth-order valence-corrected chi connectivity index (χ4v) is 4.00. The van der Waals surface area contributed by atoms with Crippen molar-refractivity contribution < 1.29 is 9.59 Å². The quantitative estimate of drug-likeness (QED) is 0.626. The van der Waals surface area contributed by atoms with Gasteiger partial charge in [0.05, 0.1) is 22.8 Å². The summed E-state index contributed by atoms with van der Waals surface area (Å²) >= 11 is 5.00. The third-order valence-electron chi connectivity index (χ3n) is 3.82. The Labute approximate surface area is 166 Å². The number of benzene rings is 1. The Morgan fingerprint density at radius 3 is 2.42 bits per heavy atom. The first-order valence-electron chi connectivity index (χ1n) is 8.22. The monoisotopic (exact) mass is 433 g/mol. The predicted molar refractivity (Wildman–Crippen MR) is 107 cm³/mol. The third kappa shape index (κ3) is 5.97. The fraction of sp³-hybridized carbons (Fsp3) is 0.316. The molecule has 0 fully saturated rings. The van der Waals surface area contributed by atoms with Gasteiger partial charge in [0.2, 0.25) is 11.8 Å². The minimum absolute atomic E-state index is 0.0730. The van der Waals surface area contributed by atoms with E-state index in [4.69, 9.17) is 5.26 Å². The van der Waals surface area contributed by atoms with Crippen molar-refractivity contribution in [3.05, 3.63) is 51.1 Å². The minimum atomic E-state index is -0.146. The molecule has 1 aromatic heterocycles. The average Bonchev–Trinajstić information content (AvgIpc) is 3.05. The second-order valence-corrected chi connectivity index (χ2v) is 8.29. The number of carbonyl (C=O) groups is 2. The summed E-state index contributed by atoms with van der Waals surface area (Å²) in [7, 11) is 1.74. The molecule has 0 saturated carbocycles. The van der Waals surface area contributed by atoms with Crippen LogP contribution < -0.4 is 4.90 Å². The lowest BCUT2D eigenvalue weighted by molar-refractivity contribution is -0.132. The van der Waals surface area contributed by atoms with Crippen molar-refractivity contribution in [1.29, 1.82) is 5.26 Å². The molecule has 0 aliphatic heterocycles. The van der Waals surface area contributed by atoms with Crippen LogP contribution in [-0.4, -0.2) is 30.3 Å². The summed E-state index contributed by atoms with van der Waals surface area (Å²) in [5.74, 6) is -0.219. The Kier molecular flexibility index (Phi) is 7.82. The summed E-state index contributed by atoms with van der Waals surface area (Å²) in [6.45, 7) is 0.854. The lowest BCUT2D eigenvalue weighted by Gasteiger charge is -2.22. The molecule has 26 heavy (non-hydrogen) atoms. The molecule has 0 aliphatic carbocycles. The van der Waals surface area contributed by atoms with E-state index in [0.717, 1.165) is 14.4 Å². The van der Waals surface area contributed by atoms with E-state index in [2.05, 4.69) is 22.0 Å². The molecule has 0 spiro atoms. The summed E-state index contributed by atoms with van der Waals surface area (Å²) in [5, 5.41) is 8.83. The van der Waals surface area contributed by atoms with Crippen LogP contribution in [0.2, 0.25) is 0 Å². The number of amides is 2. The van der Waals surface area contributed by atoms with Crippen molar-refractivity contribution in [2.24, 2.45) is 0 Å². The first kappa shape index (κ1) is 20.1. The molecule has 2 rings (SSSR count). The summed E-state index contributed by atoms with van der Waals surface area (Å²) in [4.78, 5) is 29.2. The first-order chi connectivity index (χ1) is 12.5. The zero-order valence-electron chi connectivity index (χ0n) is 14.5. The largest absolute Gasteiger partial charge is 0.341 e. The number of carbonyl (C=O) groups excluding carboxylic acids is 2. The number of rotatable bonds is 8. The highest BCUT2D eigenvalue weighted by atomic mass is 79.9. The predicted octanol–water partition coefficient (Wildman–Crippen LogP) is 4.20. The van der Waals surface area contributed by atoms with E-state index in [-0.39, 0.29) is 31.1 Å². The van der Waals surface area contributed by atoms with Gasteiger partial charge in [0.15, 0.2) is 0 Å². The maximum absolute atomic E-state index is 12.6. The van der Waals surface area contributed by atoms with Crippen LogP contribution in [0.5, 0.6) is 0 Å². The van der Waals surface area contributed by atoms with Crippen LogP contribution in [-0.2, 0) is 16.1 Å².